The van der Waals surface area contributed by atoms with E-state index in [1.54, 1.807) is 0 Å². The molecule has 1 aromatic carbocycles. The second-order valence-corrected chi connectivity index (χ2v) is 6.27. The highest BCUT2D eigenvalue weighted by Crippen LogP contribution is 2.27. The molecule has 0 spiro atoms. The summed E-state index contributed by atoms with van der Waals surface area (Å²) in [6, 6.07) is 6.61. The Morgan fingerprint density at radius 2 is 2.24 bits per heavy atom. The van der Waals surface area contributed by atoms with E-state index in [1.807, 2.05) is 0 Å². The van der Waals surface area contributed by atoms with Crippen LogP contribution in [0.25, 0.3) is 0 Å². The highest BCUT2D eigenvalue weighted by Gasteiger charge is 2.21. The van der Waals surface area contributed by atoms with Crippen LogP contribution in [0.5, 0.6) is 0 Å². The van der Waals surface area contributed by atoms with Crippen molar-refractivity contribution in [1.82, 2.24) is 10.2 Å². The Labute approximate surface area is 127 Å². The largest absolute Gasteiger partial charge is 0.324 e. The Morgan fingerprint density at radius 1 is 1.48 bits per heavy atom. The maximum atomic E-state index is 12.4. The second kappa shape index (κ2) is 7.05. The summed E-state index contributed by atoms with van der Waals surface area (Å²) < 4.78 is 0. The fourth-order valence-corrected chi connectivity index (χ4v) is 2.82. The van der Waals surface area contributed by atoms with Gasteiger partial charge in [0.25, 0.3) is 0 Å². The van der Waals surface area contributed by atoms with Crippen LogP contribution in [0.1, 0.15) is 37.8 Å². The van der Waals surface area contributed by atoms with Gasteiger partial charge in [-0.05, 0) is 30.9 Å². The van der Waals surface area contributed by atoms with Gasteiger partial charge in [-0.25, -0.2) is 0 Å². The minimum absolute atomic E-state index is 0.0833. The van der Waals surface area contributed by atoms with Crippen molar-refractivity contribution in [1.29, 1.82) is 0 Å². The molecule has 0 aromatic heterocycles. The molecule has 1 amide bonds. The molecule has 1 aliphatic heterocycles. The number of amides is 1. The van der Waals surface area contributed by atoms with Gasteiger partial charge in [0.15, 0.2) is 0 Å². The van der Waals surface area contributed by atoms with Crippen molar-refractivity contribution < 1.29 is 4.79 Å². The van der Waals surface area contributed by atoms with Crippen LogP contribution in [0.2, 0.25) is 0 Å². The van der Waals surface area contributed by atoms with E-state index >= 15 is 0 Å². The van der Waals surface area contributed by atoms with Gasteiger partial charge in [0.05, 0.1) is 6.54 Å². The summed E-state index contributed by atoms with van der Waals surface area (Å²) in [7, 11) is 0. The third kappa shape index (κ3) is 4.05. The average Bonchev–Trinajstić information content (AvgIpc) is 2.43. The first-order valence-corrected chi connectivity index (χ1v) is 7.83. The molecule has 2 N–H and O–H groups in total. The van der Waals surface area contributed by atoms with Crippen LogP contribution in [0.3, 0.4) is 0 Å². The summed E-state index contributed by atoms with van der Waals surface area (Å²) in [4.78, 5) is 14.6. The number of hydrogen-bond acceptors (Lipinski definition) is 3. The molecule has 116 valence electrons. The number of rotatable bonds is 4. The minimum Gasteiger partial charge on any atom is -0.324 e. The molecule has 1 saturated heterocycles. The van der Waals surface area contributed by atoms with Crippen LogP contribution in [0.15, 0.2) is 18.2 Å². The van der Waals surface area contributed by atoms with Crippen molar-refractivity contribution in [3.05, 3.63) is 29.3 Å². The zero-order chi connectivity index (χ0) is 15.4. The molecule has 1 fully saturated rings. The fourth-order valence-electron chi connectivity index (χ4n) is 2.82. The van der Waals surface area contributed by atoms with Crippen LogP contribution in [-0.2, 0) is 4.79 Å². The summed E-state index contributed by atoms with van der Waals surface area (Å²) in [6.07, 6.45) is 0. The topological polar surface area (TPSA) is 44.4 Å². The fraction of sp³-hybridized carbons (Fsp3) is 0.588. The Kier molecular flexibility index (Phi) is 5.37. The number of anilines is 1. The molecule has 4 nitrogen and oxygen atoms in total. The van der Waals surface area contributed by atoms with E-state index in [-0.39, 0.29) is 5.91 Å². The summed E-state index contributed by atoms with van der Waals surface area (Å²) in [5.41, 5.74) is 3.32. The summed E-state index contributed by atoms with van der Waals surface area (Å²) in [6.45, 7) is 11.8. The van der Waals surface area contributed by atoms with E-state index in [2.05, 4.69) is 61.4 Å². The van der Waals surface area contributed by atoms with Gasteiger partial charge in [0.2, 0.25) is 5.91 Å². The predicted molar refractivity (Wildman–Crippen MR) is 87.8 cm³/mol. The number of benzene rings is 1. The molecule has 21 heavy (non-hydrogen) atoms. The first-order chi connectivity index (χ1) is 9.99. The zero-order valence-electron chi connectivity index (χ0n) is 13.6. The maximum Gasteiger partial charge on any atom is 0.238 e. The van der Waals surface area contributed by atoms with Gasteiger partial charge in [-0.3, -0.25) is 9.69 Å². The predicted octanol–water partition coefficient (Wildman–Crippen LogP) is 2.35. The van der Waals surface area contributed by atoms with Crippen molar-refractivity contribution >= 4 is 11.6 Å². The van der Waals surface area contributed by atoms with Crippen molar-refractivity contribution in [2.45, 2.75) is 39.7 Å². The van der Waals surface area contributed by atoms with Gasteiger partial charge in [-0.1, -0.05) is 32.0 Å². The minimum atomic E-state index is 0.0833. The number of nitrogens with zero attached hydrogens (tertiary/aromatic N) is 1. The lowest BCUT2D eigenvalue weighted by atomic mass is 9.98. The molecule has 0 saturated carbocycles. The van der Waals surface area contributed by atoms with Gasteiger partial charge in [-0.15, -0.1) is 0 Å². The van der Waals surface area contributed by atoms with Crippen LogP contribution >= 0.6 is 0 Å². The van der Waals surface area contributed by atoms with E-state index < -0.39 is 0 Å². The monoisotopic (exact) mass is 289 g/mol. The standard InChI is InChI=1S/C17H27N3O/c1-12(2)15-7-5-6-13(3)17(15)19-16(21)11-20-9-8-18-10-14(20)4/h5-7,12,14,18H,8-11H2,1-4H3,(H,19,21)/t14-/m1/s1. The Bertz CT molecular complexity index is 499. The summed E-state index contributed by atoms with van der Waals surface area (Å²) in [5.74, 6) is 0.485. The number of nitrogens with one attached hydrogen (secondary N) is 2. The second-order valence-electron chi connectivity index (χ2n) is 6.27. The highest BCUT2D eigenvalue weighted by atomic mass is 16.2. The molecule has 0 unspecified atom stereocenters. The molecule has 0 aliphatic carbocycles. The highest BCUT2D eigenvalue weighted by molar-refractivity contribution is 5.94. The molecule has 4 heteroatoms. The van der Waals surface area contributed by atoms with Gasteiger partial charge < -0.3 is 10.6 Å². The molecule has 2 rings (SSSR count). The van der Waals surface area contributed by atoms with Gasteiger partial charge in [0, 0.05) is 31.4 Å². The van der Waals surface area contributed by atoms with E-state index in [1.165, 1.54) is 5.56 Å². The number of carbonyl (C=O) groups excluding carboxylic acids is 1. The third-order valence-corrected chi connectivity index (χ3v) is 4.18. The first-order valence-electron chi connectivity index (χ1n) is 7.83. The van der Waals surface area contributed by atoms with Crippen molar-refractivity contribution in [3.63, 3.8) is 0 Å². The molecule has 1 atom stereocenters. The molecule has 1 heterocycles. The molecular formula is C17H27N3O. The number of para-hydroxylation sites is 1. The van der Waals surface area contributed by atoms with Gasteiger partial charge in [-0.2, -0.15) is 0 Å². The third-order valence-electron chi connectivity index (χ3n) is 4.18. The maximum absolute atomic E-state index is 12.4. The Morgan fingerprint density at radius 3 is 2.90 bits per heavy atom. The Balaban J connectivity index is 2.06. The molecule has 0 bridgehead atoms. The van der Waals surface area contributed by atoms with Crippen molar-refractivity contribution in [3.8, 4) is 0 Å². The lowest BCUT2D eigenvalue weighted by molar-refractivity contribution is -0.118. The van der Waals surface area contributed by atoms with Crippen molar-refractivity contribution in [2.24, 2.45) is 0 Å². The lowest BCUT2D eigenvalue weighted by Crippen LogP contribution is -2.52. The van der Waals surface area contributed by atoms with Crippen LogP contribution in [0.4, 0.5) is 5.69 Å². The Hall–Kier alpha value is -1.39. The van der Waals surface area contributed by atoms with E-state index in [4.69, 9.17) is 0 Å². The van der Waals surface area contributed by atoms with Crippen LogP contribution in [0, 0.1) is 6.92 Å². The number of hydrogen-bond donors (Lipinski definition) is 2. The van der Waals surface area contributed by atoms with E-state index in [9.17, 15) is 4.79 Å². The van der Waals surface area contributed by atoms with Crippen LogP contribution in [-0.4, -0.2) is 43.0 Å². The van der Waals surface area contributed by atoms with E-state index in [0.717, 1.165) is 30.9 Å². The average molecular weight is 289 g/mol. The summed E-state index contributed by atoms with van der Waals surface area (Å²) >= 11 is 0. The van der Waals surface area contributed by atoms with Gasteiger partial charge in [0.1, 0.15) is 0 Å². The smallest absolute Gasteiger partial charge is 0.238 e. The number of carbonyl (C=O) groups is 1. The SMILES string of the molecule is Cc1cccc(C(C)C)c1NC(=O)CN1CCNC[C@H]1C. The van der Waals surface area contributed by atoms with Crippen LogP contribution < -0.4 is 10.6 Å². The molecule has 1 aromatic rings. The van der Waals surface area contributed by atoms with Gasteiger partial charge >= 0.3 is 0 Å². The molecular weight excluding hydrogens is 262 g/mol. The first kappa shape index (κ1) is 16.0. The molecule has 1 aliphatic rings. The zero-order valence-corrected chi connectivity index (χ0v) is 13.6. The number of aryl methyl sites for hydroxylation is 1. The normalized spacial score (nSPS) is 19.8. The molecule has 0 radical (unpaired) electrons. The van der Waals surface area contributed by atoms with Crippen molar-refractivity contribution in [2.75, 3.05) is 31.5 Å². The lowest BCUT2D eigenvalue weighted by Gasteiger charge is -2.33. The quantitative estimate of drug-likeness (QED) is 0.894. The number of piperazine rings is 1. The summed E-state index contributed by atoms with van der Waals surface area (Å²) in [5, 5.41) is 6.47. The van der Waals surface area contributed by atoms with E-state index in [0.29, 0.717) is 18.5 Å².